The number of carbonyl (C=O) groups is 1. The van der Waals surface area contributed by atoms with Crippen molar-refractivity contribution in [2.24, 2.45) is 0 Å². The van der Waals surface area contributed by atoms with Crippen LogP contribution in [-0.4, -0.2) is 18.1 Å². The molecule has 0 saturated heterocycles. The Morgan fingerprint density at radius 1 is 1.64 bits per heavy atom. The maximum absolute atomic E-state index is 13.2. The van der Waals surface area contributed by atoms with Crippen molar-refractivity contribution in [3.05, 3.63) is 34.6 Å². The van der Waals surface area contributed by atoms with Crippen LogP contribution in [0.15, 0.2) is 18.2 Å². The van der Waals surface area contributed by atoms with E-state index in [-0.39, 0.29) is 5.56 Å². The Balaban J connectivity index is 3.15. The molecular formula is C9H9ClFNO2. The van der Waals surface area contributed by atoms with Gasteiger partial charge < -0.3 is 10.4 Å². The quantitative estimate of drug-likeness (QED) is 0.812. The second-order valence-electron chi connectivity index (χ2n) is 2.73. The van der Waals surface area contributed by atoms with Gasteiger partial charge in [-0.1, -0.05) is 11.6 Å². The van der Waals surface area contributed by atoms with Gasteiger partial charge in [0, 0.05) is 10.6 Å². The van der Waals surface area contributed by atoms with Gasteiger partial charge >= 0.3 is 5.97 Å². The molecule has 0 aromatic heterocycles. The Hall–Kier alpha value is -1.13. The highest BCUT2D eigenvalue weighted by Crippen LogP contribution is 2.21. The fraction of sp³-hybridized carbons (Fsp3) is 0.222. The number of nitrogens with one attached hydrogen (secondary N) is 1. The van der Waals surface area contributed by atoms with Gasteiger partial charge in [-0.2, -0.15) is 0 Å². The molecule has 3 nitrogen and oxygen atoms in total. The molecule has 1 aromatic rings. The van der Waals surface area contributed by atoms with Gasteiger partial charge in [-0.05, 0) is 25.2 Å². The van der Waals surface area contributed by atoms with Crippen LogP contribution in [0.4, 0.5) is 4.39 Å². The zero-order valence-electron chi connectivity index (χ0n) is 7.42. The first-order valence-corrected chi connectivity index (χ1v) is 4.29. The Bertz CT molecular complexity index is 357. The van der Waals surface area contributed by atoms with E-state index in [2.05, 4.69) is 5.32 Å². The molecule has 0 heterocycles. The zero-order chi connectivity index (χ0) is 10.7. The van der Waals surface area contributed by atoms with Crippen molar-refractivity contribution in [1.29, 1.82) is 0 Å². The fourth-order valence-electron chi connectivity index (χ4n) is 1.15. The smallest absolute Gasteiger partial charge is 0.325 e. The summed E-state index contributed by atoms with van der Waals surface area (Å²) in [5, 5.41) is 11.6. The second-order valence-corrected chi connectivity index (χ2v) is 3.16. The number of likely N-dealkylation sites (N-methyl/N-ethyl adjacent to an activating group) is 1. The van der Waals surface area contributed by atoms with Crippen LogP contribution in [0, 0.1) is 5.82 Å². The van der Waals surface area contributed by atoms with Crippen molar-refractivity contribution in [3.63, 3.8) is 0 Å². The third-order valence-electron chi connectivity index (χ3n) is 1.80. The van der Waals surface area contributed by atoms with E-state index in [1.54, 1.807) is 0 Å². The summed E-state index contributed by atoms with van der Waals surface area (Å²) < 4.78 is 13.2. The topological polar surface area (TPSA) is 49.3 Å². The van der Waals surface area contributed by atoms with Gasteiger partial charge in [0.05, 0.1) is 0 Å². The Kier molecular flexibility index (Phi) is 3.43. The van der Waals surface area contributed by atoms with Gasteiger partial charge in [0.25, 0.3) is 0 Å². The van der Waals surface area contributed by atoms with Crippen LogP contribution in [-0.2, 0) is 4.79 Å². The standard InChI is InChI=1S/C9H9ClFNO2/c1-12-8(9(13)14)6-4-5(10)2-3-7(6)11/h2-4,8,12H,1H3,(H,13,14). The number of hydrogen-bond donors (Lipinski definition) is 2. The lowest BCUT2D eigenvalue weighted by molar-refractivity contribution is -0.139. The van der Waals surface area contributed by atoms with E-state index in [1.807, 2.05) is 0 Å². The molecule has 1 aromatic carbocycles. The number of aliphatic carboxylic acids is 1. The summed E-state index contributed by atoms with van der Waals surface area (Å²) in [5.41, 5.74) is 0.0347. The van der Waals surface area contributed by atoms with Crippen molar-refractivity contribution in [3.8, 4) is 0 Å². The SMILES string of the molecule is CNC(C(=O)O)c1cc(Cl)ccc1F. The minimum atomic E-state index is -1.14. The van der Waals surface area contributed by atoms with Crippen LogP contribution in [0.1, 0.15) is 11.6 Å². The maximum Gasteiger partial charge on any atom is 0.325 e. The minimum absolute atomic E-state index is 0.0347. The first-order valence-electron chi connectivity index (χ1n) is 3.91. The number of hydrogen-bond acceptors (Lipinski definition) is 2. The number of benzene rings is 1. The summed E-state index contributed by atoms with van der Waals surface area (Å²) in [7, 11) is 1.44. The molecule has 76 valence electrons. The lowest BCUT2D eigenvalue weighted by Gasteiger charge is -2.12. The van der Waals surface area contributed by atoms with Gasteiger partial charge in [-0.3, -0.25) is 4.79 Å². The van der Waals surface area contributed by atoms with E-state index in [9.17, 15) is 9.18 Å². The zero-order valence-corrected chi connectivity index (χ0v) is 8.18. The lowest BCUT2D eigenvalue weighted by atomic mass is 10.1. The van der Waals surface area contributed by atoms with Crippen LogP contribution in [0.5, 0.6) is 0 Å². The summed E-state index contributed by atoms with van der Waals surface area (Å²) in [6.45, 7) is 0. The highest BCUT2D eigenvalue weighted by molar-refractivity contribution is 6.30. The third-order valence-corrected chi connectivity index (χ3v) is 2.04. The molecule has 0 aliphatic heterocycles. The van der Waals surface area contributed by atoms with Gasteiger partial charge in [0.1, 0.15) is 11.9 Å². The molecule has 0 amide bonds. The van der Waals surface area contributed by atoms with E-state index < -0.39 is 17.8 Å². The second kappa shape index (κ2) is 4.39. The summed E-state index contributed by atoms with van der Waals surface area (Å²) in [4.78, 5) is 10.7. The van der Waals surface area contributed by atoms with Crippen LogP contribution >= 0.6 is 11.6 Å². The van der Waals surface area contributed by atoms with E-state index >= 15 is 0 Å². The summed E-state index contributed by atoms with van der Waals surface area (Å²) in [5.74, 6) is -1.73. The molecular weight excluding hydrogens is 209 g/mol. The average molecular weight is 218 g/mol. The molecule has 0 saturated carbocycles. The first kappa shape index (κ1) is 10.9. The number of carboxylic acids is 1. The monoisotopic (exact) mass is 217 g/mol. The van der Waals surface area contributed by atoms with Crippen LogP contribution < -0.4 is 5.32 Å². The Labute approximate surface area is 85.5 Å². The summed E-state index contributed by atoms with van der Waals surface area (Å²) >= 11 is 5.64. The summed E-state index contributed by atoms with van der Waals surface area (Å²) in [6, 6.07) is 2.74. The molecule has 0 bridgehead atoms. The van der Waals surface area contributed by atoms with Crippen molar-refractivity contribution < 1.29 is 14.3 Å². The molecule has 0 aliphatic rings. The predicted octanol–water partition coefficient (Wildman–Crippen LogP) is 1.82. The molecule has 0 aliphatic carbocycles. The molecule has 1 atom stereocenters. The van der Waals surface area contributed by atoms with Crippen LogP contribution in [0.3, 0.4) is 0 Å². The number of rotatable bonds is 3. The van der Waals surface area contributed by atoms with Crippen molar-refractivity contribution in [1.82, 2.24) is 5.32 Å². The van der Waals surface area contributed by atoms with Crippen LogP contribution in [0.2, 0.25) is 5.02 Å². The predicted molar refractivity (Wildman–Crippen MR) is 50.8 cm³/mol. The normalized spacial score (nSPS) is 12.5. The van der Waals surface area contributed by atoms with E-state index in [0.29, 0.717) is 5.02 Å². The molecule has 14 heavy (non-hydrogen) atoms. The van der Waals surface area contributed by atoms with E-state index in [0.717, 1.165) is 6.07 Å². The molecule has 0 radical (unpaired) electrons. The van der Waals surface area contributed by atoms with E-state index in [4.69, 9.17) is 16.7 Å². The van der Waals surface area contributed by atoms with Crippen molar-refractivity contribution in [2.75, 3.05) is 7.05 Å². The maximum atomic E-state index is 13.2. The minimum Gasteiger partial charge on any atom is -0.480 e. The molecule has 1 rings (SSSR count). The Morgan fingerprint density at radius 3 is 2.79 bits per heavy atom. The highest BCUT2D eigenvalue weighted by Gasteiger charge is 2.21. The van der Waals surface area contributed by atoms with Gasteiger partial charge in [0.15, 0.2) is 0 Å². The van der Waals surface area contributed by atoms with Gasteiger partial charge in [-0.25, -0.2) is 4.39 Å². The molecule has 5 heteroatoms. The van der Waals surface area contributed by atoms with Gasteiger partial charge in [-0.15, -0.1) is 0 Å². The first-order chi connectivity index (χ1) is 6.56. The van der Waals surface area contributed by atoms with Crippen LogP contribution in [0.25, 0.3) is 0 Å². The highest BCUT2D eigenvalue weighted by atomic mass is 35.5. The van der Waals surface area contributed by atoms with Crippen molar-refractivity contribution in [2.45, 2.75) is 6.04 Å². The van der Waals surface area contributed by atoms with Crippen molar-refractivity contribution >= 4 is 17.6 Å². The fourth-order valence-corrected chi connectivity index (χ4v) is 1.33. The molecule has 2 N–H and O–H groups in total. The number of carboxylic acid groups (broad SMARTS) is 1. The third kappa shape index (κ3) is 2.21. The average Bonchev–Trinajstić information content (AvgIpc) is 2.11. The lowest BCUT2D eigenvalue weighted by Crippen LogP contribution is -2.25. The Morgan fingerprint density at radius 2 is 2.29 bits per heavy atom. The van der Waals surface area contributed by atoms with E-state index in [1.165, 1.54) is 19.2 Å². The number of halogens is 2. The summed E-state index contributed by atoms with van der Waals surface area (Å²) in [6.07, 6.45) is 0. The molecule has 1 unspecified atom stereocenters. The van der Waals surface area contributed by atoms with Gasteiger partial charge in [0.2, 0.25) is 0 Å². The largest absolute Gasteiger partial charge is 0.480 e. The molecule has 0 spiro atoms. The molecule has 0 fully saturated rings.